The highest BCUT2D eigenvalue weighted by Crippen LogP contribution is 2.53. The van der Waals surface area contributed by atoms with Gasteiger partial charge in [0.25, 0.3) is 5.69 Å². The van der Waals surface area contributed by atoms with E-state index in [1.165, 1.54) is 19.2 Å². The molecule has 0 aromatic heterocycles. The molecule has 2 fully saturated rings. The predicted molar refractivity (Wildman–Crippen MR) is 63.2 cm³/mol. The molecule has 0 spiro atoms. The van der Waals surface area contributed by atoms with E-state index in [1.54, 1.807) is 6.07 Å². The predicted octanol–water partition coefficient (Wildman–Crippen LogP) is 0.721. The lowest BCUT2D eigenvalue weighted by Crippen LogP contribution is -2.52. The summed E-state index contributed by atoms with van der Waals surface area (Å²) in [6.45, 7) is 0.578. The quantitative estimate of drug-likeness (QED) is 0.443. The molecule has 3 aliphatic heterocycles. The number of hydrogen-bond acceptors (Lipinski definition) is 6. The number of benzene rings is 1. The SMILES string of the molecule is CO[C@]12C(=O)c3cc([N+](=O)[O-])ccc3N1C[C@H]1O[C@H]12. The Labute approximate surface area is 107 Å². The van der Waals surface area contributed by atoms with Gasteiger partial charge in [0.2, 0.25) is 11.5 Å². The van der Waals surface area contributed by atoms with Crippen LogP contribution in [0.4, 0.5) is 11.4 Å². The summed E-state index contributed by atoms with van der Waals surface area (Å²) in [5.74, 6) is -0.251. The van der Waals surface area contributed by atoms with Gasteiger partial charge in [-0.25, -0.2) is 0 Å². The first-order valence-electron chi connectivity index (χ1n) is 5.91. The normalized spacial score (nSPS) is 33.9. The maximum Gasteiger partial charge on any atom is 0.270 e. The van der Waals surface area contributed by atoms with Gasteiger partial charge in [-0.15, -0.1) is 0 Å². The van der Waals surface area contributed by atoms with E-state index in [9.17, 15) is 14.9 Å². The van der Waals surface area contributed by atoms with Crippen LogP contribution in [0.25, 0.3) is 0 Å². The summed E-state index contributed by atoms with van der Waals surface area (Å²) in [6, 6.07) is 4.33. The van der Waals surface area contributed by atoms with Crippen molar-refractivity contribution in [2.45, 2.75) is 17.9 Å². The number of nitro groups is 1. The molecule has 3 heterocycles. The fourth-order valence-electron chi connectivity index (χ4n) is 3.19. The molecule has 4 rings (SSSR count). The van der Waals surface area contributed by atoms with Gasteiger partial charge in [-0.1, -0.05) is 0 Å². The van der Waals surface area contributed by atoms with E-state index in [4.69, 9.17) is 9.47 Å². The number of fused-ring (bicyclic) bond motifs is 5. The summed E-state index contributed by atoms with van der Waals surface area (Å²) in [5.41, 5.74) is -0.187. The zero-order valence-electron chi connectivity index (χ0n) is 10.0. The molecular weight excluding hydrogens is 252 g/mol. The molecule has 0 saturated carbocycles. The molecule has 1 aromatic carbocycles. The van der Waals surface area contributed by atoms with Crippen LogP contribution < -0.4 is 4.90 Å². The second-order valence-electron chi connectivity index (χ2n) is 4.89. The smallest absolute Gasteiger partial charge is 0.270 e. The van der Waals surface area contributed by atoms with E-state index < -0.39 is 10.6 Å². The van der Waals surface area contributed by atoms with Crippen molar-refractivity contribution in [3.05, 3.63) is 33.9 Å². The van der Waals surface area contributed by atoms with Crippen LogP contribution in [-0.4, -0.2) is 42.3 Å². The number of nitrogens with zero attached hydrogens (tertiary/aromatic N) is 2. The number of carbonyl (C=O) groups excluding carboxylic acids is 1. The summed E-state index contributed by atoms with van der Waals surface area (Å²) < 4.78 is 10.9. The number of ether oxygens (including phenoxy) is 2. The number of hydrogen-bond donors (Lipinski definition) is 0. The van der Waals surface area contributed by atoms with Crippen LogP contribution in [0.15, 0.2) is 18.2 Å². The number of nitro benzene ring substituents is 1. The fraction of sp³-hybridized carbons (Fsp3) is 0.417. The third-order valence-corrected chi connectivity index (χ3v) is 4.09. The summed E-state index contributed by atoms with van der Waals surface area (Å²) in [4.78, 5) is 24.7. The first-order chi connectivity index (χ1) is 9.09. The number of morpholine rings is 1. The first-order valence-corrected chi connectivity index (χ1v) is 5.91. The largest absolute Gasteiger partial charge is 0.362 e. The Balaban J connectivity index is 1.89. The zero-order chi connectivity index (χ0) is 13.4. The molecule has 3 atom stereocenters. The van der Waals surface area contributed by atoms with Crippen molar-refractivity contribution in [3.63, 3.8) is 0 Å². The summed E-state index contributed by atoms with van der Waals surface area (Å²) in [7, 11) is 1.47. The molecule has 19 heavy (non-hydrogen) atoms. The Kier molecular flexibility index (Phi) is 1.79. The minimum Gasteiger partial charge on any atom is -0.362 e. The van der Waals surface area contributed by atoms with Crippen LogP contribution >= 0.6 is 0 Å². The van der Waals surface area contributed by atoms with Gasteiger partial charge in [-0.2, -0.15) is 0 Å². The third-order valence-electron chi connectivity index (χ3n) is 4.09. The van der Waals surface area contributed by atoms with Crippen LogP contribution in [-0.2, 0) is 9.47 Å². The van der Waals surface area contributed by atoms with E-state index in [0.29, 0.717) is 17.8 Å². The van der Waals surface area contributed by atoms with Crippen LogP contribution in [0.1, 0.15) is 10.4 Å². The first kappa shape index (κ1) is 10.9. The zero-order valence-corrected chi connectivity index (χ0v) is 10.0. The van der Waals surface area contributed by atoms with Crippen molar-refractivity contribution in [2.24, 2.45) is 0 Å². The van der Waals surface area contributed by atoms with E-state index in [0.717, 1.165) is 0 Å². The second kappa shape index (κ2) is 3.12. The lowest BCUT2D eigenvalue weighted by Gasteiger charge is -2.32. The van der Waals surface area contributed by atoms with Gasteiger partial charge in [-0.3, -0.25) is 14.9 Å². The van der Waals surface area contributed by atoms with E-state index in [-0.39, 0.29) is 23.7 Å². The van der Waals surface area contributed by atoms with Crippen molar-refractivity contribution in [2.75, 3.05) is 18.6 Å². The third kappa shape index (κ3) is 1.08. The van der Waals surface area contributed by atoms with Crippen molar-refractivity contribution >= 4 is 17.2 Å². The molecule has 1 aromatic rings. The minimum absolute atomic E-state index is 0.0206. The van der Waals surface area contributed by atoms with Gasteiger partial charge in [0.1, 0.15) is 12.2 Å². The minimum atomic E-state index is -1.12. The van der Waals surface area contributed by atoms with Crippen LogP contribution in [0.3, 0.4) is 0 Å². The summed E-state index contributed by atoms with van der Waals surface area (Å²) in [6.07, 6.45) is -0.247. The Morgan fingerprint density at radius 3 is 3.05 bits per heavy atom. The molecule has 0 amide bonds. The topological polar surface area (TPSA) is 85.2 Å². The average molecular weight is 262 g/mol. The number of methoxy groups -OCH3 is 1. The highest BCUT2D eigenvalue weighted by atomic mass is 16.6. The molecule has 0 unspecified atom stereocenters. The Hall–Kier alpha value is -1.99. The number of anilines is 1. The maximum atomic E-state index is 12.6. The molecule has 7 heteroatoms. The number of epoxide rings is 1. The summed E-state index contributed by atoms with van der Waals surface area (Å²) in [5, 5.41) is 10.8. The lowest BCUT2D eigenvalue weighted by molar-refractivity contribution is -0.384. The van der Waals surface area contributed by atoms with Crippen molar-refractivity contribution in [1.29, 1.82) is 0 Å². The summed E-state index contributed by atoms with van der Waals surface area (Å²) >= 11 is 0. The number of ketones is 1. The van der Waals surface area contributed by atoms with Gasteiger partial charge >= 0.3 is 0 Å². The van der Waals surface area contributed by atoms with Crippen LogP contribution in [0.2, 0.25) is 0 Å². The van der Waals surface area contributed by atoms with E-state index in [2.05, 4.69) is 0 Å². The number of non-ortho nitro benzene ring substituents is 1. The molecule has 0 radical (unpaired) electrons. The fourth-order valence-corrected chi connectivity index (χ4v) is 3.19. The van der Waals surface area contributed by atoms with Gasteiger partial charge in [-0.05, 0) is 6.07 Å². The molecular formula is C12H10N2O5. The average Bonchev–Trinajstić information content (AvgIpc) is 3.04. The van der Waals surface area contributed by atoms with Gasteiger partial charge < -0.3 is 14.4 Å². The number of carbonyl (C=O) groups is 1. The van der Waals surface area contributed by atoms with E-state index in [1.807, 2.05) is 4.90 Å². The van der Waals surface area contributed by atoms with Gasteiger partial charge in [0, 0.05) is 19.2 Å². The van der Waals surface area contributed by atoms with Gasteiger partial charge in [0.15, 0.2) is 0 Å². The Morgan fingerprint density at radius 1 is 1.58 bits per heavy atom. The van der Waals surface area contributed by atoms with Gasteiger partial charge in [0.05, 0.1) is 22.7 Å². The lowest BCUT2D eigenvalue weighted by atomic mass is 10.0. The highest BCUT2D eigenvalue weighted by Gasteiger charge is 2.72. The molecule has 0 aliphatic carbocycles. The highest BCUT2D eigenvalue weighted by molar-refractivity contribution is 6.14. The monoisotopic (exact) mass is 262 g/mol. The number of rotatable bonds is 2. The molecule has 2 saturated heterocycles. The molecule has 0 bridgehead atoms. The standard InChI is InChI=1S/C12H10N2O5/c1-18-12-10(15)7-4-6(14(16)17)2-3-8(7)13(12)5-9-11(12)19-9/h2-4,9,11H,5H2,1H3/t9-,11-,12+/m1/s1. The van der Waals surface area contributed by atoms with Crippen molar-refractivity contribution in [1.82, 2.24) is 0 Å². The maximum absolute atomic E-state index is 12.6. The second-order valence-corrected chi connectivity index (χ2v) is 4.89. The molecule has 3 aliphatic rings. The molecule has 98 valence electrons. The molecule has 0 N–H and O–H groups in total. The van der Waals surface area contributed by atoms with Crippen LogP contribution in [0.5, 0.6) is 0 Å². The molecule has 7 nitrogen and oxygen atoms in total. The van der Waals surface area contributed by atoms with Crippen LogP contribution in [0, 0.1) is 10.1 Å². The van der Waals surface area contributed by atoms with Crippen molar-refractivity contribution < 1.29 is 19.2 Å². The Bertz CT molecular complexity index is 631. The number of Topliss-reactive ketones (excluding diaryl/α,β-unsaturated/α-hetero) is 1. The van der Waals surface area contributed by atoms with E-state index >= 15 is 0 Å². The Morgan fingerprint density at radius 2 is 2.37 bits per heavy atom. The van der Waals surface area contributed by atoms with Crippen molar-refractivity contribution in [3.8, 4) is 0 Å².